The van der Waals surface area contributed by atoms with Crippen LogP contribution in [0.4, 0.5) is 0 Å². The van der Waals surface area contributed by atoms with Gasteiger partial charge in [0.05, 0.1) is 0 Å². The smallest absolute Gasteiger partial charge is 0.0220 e. The maximum atomic E-state index is 3.45. The summed E-state index contributed by atoms with van der Waals surface area (Å²) in [5.41, 5.74) is 3.56. The molecule has 0 radical (unpaired) electrons. The molecule has 0 aliphatic heterocycles. The number of likely N-dealkylation sites (N-methyl/N-ethyl adjacent to an activating group) is 1. The highest BCUT2D eigenvalue weighted by Crippen LogP contribution is 2.38. The van der Waals surface area contributed by atoms with Gasteiger partial charge in [0.15, 0.2) is 0 Å². The molecule has 0 spiro atoms. The van der Waals surface area contributed by atoms with Crippen LogP contribution in [0.2, 0.25) is 0 Å². The van der Waals surface area contributed by atoms with E-state index >= 15 is 0 Å². The summed E-state index contributed by atoms with van der Waals surface area (Å²) < 4.78 is 0. The summed E-state index contributed by atoms with van der Waals surface area (Å²) >= 11 is 0. The lowest BCUT2D eigenvalue weighted by molar-refractivity contribution is 0.547. The third kappa shape index (κ3) is 2.46. The van der Waals surface area contributed by atoms with Gasteiger partial charge in [-0.25, -0.2) is 0 Å². The van der Waals surface area contributed by atoms with E-state index in [1.807, 2.05) is 0 Å². The van der Waals surface area contributed by atoms with Gasteiger partial charge in [0, 0.05) is 5.54 Å². The number of benzene rings is 1. The largest absolute Gasteiger partial charge is 0.314 e. The SMILES string of the molecule is CNC1(Cc2ccc(C(C)(C)C)cc2)CC1. The number of rotatable bonds is 3. The summed E-state index contributed by atoms with van der Waals surface area (Å²) in [6.45, 7) is 6.79. The molecule has 0 amide bonds. The Hall–Kier alpha value is -0.820. The van der Waals surface area contributed by atoms with E-state index in [1.165, 1.54) is 30.4 Å². The van der Waals surface area contributed by atoms with Crippen LogP contribution in [0, 0.1) is 0 Å². The molecule has 1 N–H and O–H groups in total. The molecule has 1 saturated carbocycles. The molecule has 16 heavy (non-hydrogen) atoms. The quantitative estimate of drug-likeness (QED) is 0.819. The first-order chi connectivity index (χ1) is 7.45. The molecule has 0 aromatic heterocycles. The van der Waals surface area contributed by atoms with E-state index in [0.717, 1.165) is 0 Å². The van der Waals surface area contributed by atoms with Gasteiger partial charge in [0.2, 0.25) is 0 Å². The first kappa shape index (κ1) is 11.7. The average Bonchev–Trinajstić information content (AvgIpc) is 2.98. The van der Waals surface area contributed by atoms with E-state index in [4.69, 9.17) is 0 Å². The van der Waals surface area contributed by atoms with Crippen LogP contribution in [-0.2, 0) is 11.8 Å². The van der Waals surface area contributed by atoms with E-state index in [1.54, 1.807) is 0 Å². The van der Waals surface area contributed by atoms with Gasteiger partial charge in [-0.15, -0.1) is 0 Å². The van der Waals surface area contributed by atoms with Crippen molar-refractivity contribution in [2.75, 3.05) is 7.05 Å². The van der Waals surface area contributed by atoms with Crippen LogP contribution in [0.15, 0.2) is 24.3 Å². The van der Waals surface area contributed by atoms with Crippen molar-refractivity contribution < 1.29 is 0 Å². The normalized spacial score (nSPS) is 18.5. The van der Waals surface area contributed by atoms with Crippen molar-refractivity contribution in [2.45, 2.75) is 51.0 Å². The molecule has 0 saturated heterocycles. The second-order valence-corrected chi connectivity index (χ2v) is 6.15. The van der Waals surface area contributed by atoms with Crippen molar-refractivity contribution in [1.29, 1.82) is 0 Å². The van der Waals surface area contributed by atoms with E-state index in [9.17, 15) is 0 Å². The summed E-state index contributed by atoms with van der Waals surface area (Å²) in [5.74, 6) is 0. The van der Waals surface area contributed by atoms with Gasteiger partial charge in [0.25, 0.3) is 0 Å². The van der Waals surface area contributed by atoms with E-state index in [-0.39, 0.29) is 5.41 Å². The van der Waals surface area contributed by atoms with Gasteiger partial charge in [-0.2, -0.15) is 0 Å². The summed E-state index contributed by atoms with van der Waals surface area (Å²) in [4.78, 5) is 0. The van der Waals surface area contributed by atoms with Gasteiger partial charge in [-0.05, 0) is 42.9 Å². The van der Waals surface area contributed by atoms with Crippen molar-refractivity contribution in [2.24, 2.45) is 0 Å². The van der Waals surface area contributed by atoms with Crippen molar-refractivity contribution in [1.82, 2.24) is 5.32 Å². The average molecular weight is 217 g/mol. The summed E-state index contributed by atoms with van der Waals surface area (Å²) in [7, 11) is 2.08. The standard InChI is InChI=1S/C15H23N/c1-14(2,3)13-7-5-12(6-8-13)11-15(16-4)9-10-15/h5-8,16H,9-11H2,1-4H3. The molecule has 1 fully saturated rings. The molecule has 1 heteroatoms. The molecule has 1 aromatic rings. The third-order valence-corrected chi connectivity index (χ3v) is 3.75. The molecule has 0 unspecified atom stereocenters. The lowest BCUT2D eigenvalue weighted by Gasteiger charge is -2.20. The Morgan fingerprint density at radius 2 is 1.69 bits per heavy atom. The summed E-state index contributed by atoms with van der Waals surface area (Å²) in [5, 5.41) is 3.45. The number of nitrogens with one attached hydrogen (secondary N) is 1. The maximum Gasteiger partial charge on any atom is 0.0220 e. The Kier molecular flexibility index (Phi) is 2.83. The van der Waals surface area contributed by atoms with Crippen molar-refractivity contribution >= 4 is 0 Å². The molecule has 0 heterocycles. The van der Waals surface area contributed by atoms with Gasteiger partial charge >= 0.3 is 0 Å². The molecule has 88 valence electrons. The van der Waals surface area contributed by atoms with E-state index in [0.29, 0.717) is 5.54 Å². The monoisotopic (exact) mass is 217 g/mol. The zero-order chi connectivity index (χ0) is 11.8. The van der Waals surface area contributed by atoms with Gasteiger partial charge in [0.1, 0.15) is 0 Å². The summed E-state index contributed by atoms with van der Waals surface area (Å²) in [6.07, 6.45) is 3.82. The first-order valence-electron chi connectivity index (χ1n) is 6.24. The molecule has 1 aliphatic rings. The van der Waals surface area contributed by atoms with E-state index in [2.05, 4.69) is 57.4 Å². The fourth-order valence-corrected chi connectivity index (χ4v) is 2.18. The minimum atomic E-state index is 0.263. The molecule has 0 bridgehead atoms. The first-order valence-corrected chi connectivity index (χ1v) is 6.24. The van der Waals surface area contributed by atoms with Gasteiger partial charge in [-0.3, -0.25) is 0 Å². The highest BCUT2D eigenvalue weighted by Gasteiger charge is 2.40. The van der Waals surface area contributed by atoms with E-state index < -0.39 is 0 Å². The molecular formula is C15H23N. The Bertz CT molecular complexity index is 352. The highest BCUT2D eigenvalue weighted by molar-refractivity contribution is 5.29. The predicted octanol–water partition coefficient (Wildman–Crippen LogP) is 3.28. The molecule has 1 aromatic carbocycles. The fraction of sp³-hybridized carbons (Fsp3) is 0.600. The van der Waals surface area contributed by atoms with Crippen LogP contribution in [0.1, 0.15) is 44.7 Å². The van der Waals surface area contributed by atoms with Crippen molar-refractivity contribution in [3.63, 3.8) is 0 Å². The molecule has 1 aliphatic carbocycles. The Balaban J connectivity index is 2.08. The predicted molar refractivity (Wildman–Crippen MR) is 69.9 cm³/mol. The second kappa shape index (κ2) is 3.89. The Morgan fingerprint density at radius 3 is 2.06 bits per heavy atom. The van der Waals surface area contributed by atoms with Crippen LogP contribution in [0.5, 0.6) is 0 Å². The van der Waals surface area contributed by atoms with Crippen LogP contribution < -0.4 is 5.32 Å². The molecule has 1 nitrogen and oxygen atoms in total. The van der Waals surface area contributed by atoms with Gasteiger partial charge in [-0.1, -0.05) is 45.0 Å². The summed E-state index contributed by atoms with van der Waals surface area (Å²) in [6, 6.07) is 9.14. The number of hydrogen-bond acceptors (Lipinski definition) is 1. The number of hydrogen-bond donors (Lipinski definition) is 1. The minimum absolute atomic E-state index is 0.263. The van der Waals surface area contributed by atoms with Crippen LogP contribution in [0.25, 0.3) is 0 Å². The molecule has 0 atom stereocenters. The van der Waals surface area contributed by atoms with Crippen LogP contribution in [0.3, 0.4) is 0 Å². The Morgan fingerprint density at radius 1 is 1.12 bits per heavy atom. The lowest BCUT2D eigenvalue weighted by Crippen LogP contribution is -2.29. The zero-order valence-electron chi connectivity index (χ0n) is 10.9. The maximum absolute atomic E-state index is 3.45. The third-order valence-electron chi connectivity index (χ3n) is 3.75. The van der Waals surface area contributed by atoms with Crippen LogP contribution >= 0.6 is 0 Å². The Labute approximate surface area is 99.3 Å². The molecular weight excluding hydrogens is 194 g/mol. The van der Waals surface area contributed by atoms with Crippen LogP contribution in [-0.4, -0.2) is 12.6 Å². The second-order valence-electron chi connectivity index (χ2n) is 6.15. The topological polar surface area (TPSA) is 12.0 Å². The molecule has 2 rings (SSSR count). The van der Waals surface area contributed by atoms with Crippen molar-refractivity contribution in [3.05, 3.63) is 35.4 Å². The minimum Gasteiger partial charge on any atom is -0.314 e. The fourth-order valence-electron chi connectivity index (χ4n) is 2.18. The zero-order valence-corrected chi connectivity index (χ0v) is 10.9. The lowest BCUT2D eigenvalue weighted by atomic mass is 9.86. The van der Waals surface area contributed by atoms with Gasteiger partial charge < -0.3 is 5.32 Å². The highest BCUT2D eigenvalue weighted by atomic mass is 15.0. The van der Waals surface area contributed by atoms with Crippen molar-refractivity contribution in [3.8, 4) is 0 Å².